The van der Waals surface area contributed by atoms with Gasteiger partial charge >= 0.3 is 0 Å². The molecule has 0 aliphatic carbocycles. The van der Waals surface area contributed by atoms with Crippen LogP contribution in [0.4, 0.5) is 4.39 Å². The van der Waals surface area contributed by atoms with Crippen molar-refractivity contribution in [3.8, 4) is 6.07 Å². The van der Waals surface area contributed by atoms with Crippen molar-refractivity contribution in [2.24, 2.45) is 0 Å². The second-order valence-electron chi connectivity index (χ2n) is 2.39. The highest BCUT2D eigenvalue weighted by Crippen LogP contribution is 2.33. The summed E-state index contributed by atoms with van der Waals surface area (Å²) >= 11 is 5.51. The van der Waals surface area contributed by atoms with Crippen LogP contribution >= 0.6 is 31.9 Å². The summed E-state index contributed by atoms with van der Waals surface area (Å²) in [6, 6.07) is 1.39. The summed E-state index contributed by atoms with van der Waals surface area (Å²) < 4.78 is 9.75. The molecule has 0 saturated carbocycles. The van der Waals surface area contributed by atoms with Crippen molar-refractivity contribution in [2.45, 2.75) is 22.2 Å². The smallest absolute Gasteiger partial charge is 0.251 e. The average Bonchev–Trinajstić information content (AvgIpc) is 1.86. The topological polar surface area (TPSA) is 40.9 Å². The number of nitrogens with zero attached hydrogens (tertiary/aromatic N) is 1. The van der Waals surface area contributed by atoms with Gasteiger partial charge in [0.05, 0.1) is 4.32 Å². The molecule has 0 rings (SSSR count). The maximum Gasteiger partial charge on any atom is 0.251 e. The molecule has 0 aliphatic heterocycles. The Kier molecular flexibility index (Phi) is 3.65. The van der Waals surface area contributed by atoms with Gasteiger partial charge in [-0.25, -0.2) is 4.39 Å². The van der Waals surface area contributed by atoms with Crippen LogP contribution < -0.4 is 0 Å². The van der Waals surface area contributed by atoms with Gasteiger partial charge in [-0.2, -0.15) is 5.26 Å². The van der Waals surface area contributed by atoms with E-state index >= 15 is 0 Å². The molecule has 0 aliphatic rings. The molecular weight excluding hydrogens is 281 g/mol. The maximum absolute atomic E-state index is 12.9. The van der Waals surface area contributed by atoms with Crippen LogP contribution in [0.2, 0.25) is 0 Å². The van der Waals surface area contributed by atoms with Crippen molar-refractivity contribution < 1.29 is 9.18 Å². The van der Waals surface area contributed by atoms with Crippen LogP contribution in [0.5, 0.6) is 0 Å². The minimum absolute atomic E-state index is 0.222. The number of nitriles is 1. The van der Waals surface area contributed by atoms with E-state index in [-0.39, 0.29) is 6.42 Å². The van der Waals surface area contributed by atoms with Gasteiger partial charge in [-0.1, -0.05) is 15.9 Å². The Hall–Kier alpha value is 0.0500. The van der Waals surface area contributed by atoms with Gasteiger partial charge < -0.3 is 4.79 Å². The fourth-order valence-electron chi connectivity index (χ4n) is 0.515. The summed E-state index contributed by atoms with van der Waals surface area (Å²) in [7, 11) is 0. The fourth-order valence-corrected chi connectivity index (χ4v) is 1.86. The van der Waals surface area contributed by atoms with E-state index in [0.717, 1.165) is 0 Å². The van der Waals surface area contributed by atoms with Gasteiger partial charge in [0.15, 0.2) is 0 Å². The molecule has 0 N–H and O–H groups in total. The molecule has 0 saturated heterocycles. The second kappa shape index (κ2) is 3.63. The number of alkyl halides is 3. The number of halogens is 3. The maximum atomic E-state index is 12.9. The van der Waals surface area contributed by atoms with Crippen molar-refractivity contribution in [3.05, 3.63) is 0 Å². The molecule has 0 aromatic carbocycles. The van der Waals surface area contributed by atoms with Gasteiger partial charge in [-0.05, 0) is 22.9 Å². The molecule has 5 heteroatoms. The lowest BCUT2D eigenvalue weighted by Gasteiger charge is -2.18. The Morgan fingerprint density at radius 1 is 1.73 bits per heavy atom. The molecule has 0 fully saturated rings. The van der Waals surface area contributed by atoms with E-state index in [1.165, 1.54) is 13.0 Å². The van der Waals surface area contributed by atoms with Gasteiger partial charge in [0.25, 0.3) is 4.58 Å². The van der Waals surface area contributed by atoms with Gasteiger partial charge in [0, 0.05) is 6.42 Å². The molecule has 0 heterocycles. The molecule has 0 aromatic heterocycles. The molecule has 2 nitrogen and oxygen atoms in total. The van der Waals surface area contributed by atoms with Crippen LogP contribution in [0.25, 0.3) is 0 Å². The minimum atomic E-state index is -2.13. The van der Waals surface area contributed by atoms with Gasteiger partial charge in [0.1, 0.15) is 12.4 Å². The Balaban J connectivity index is 4.27. The minimum Gasteiger partial charge on any atom is -0.302 e. The highest BCUT2D eigenvalue weighted by Gasteiger charge is 2.35. The second-order valence-corrected chi connectivity index (χ2v) is 5.46. The van der Waals surface area contributed by atoms with Crippen molar-refractivity contribution >= 4 is 38.1 Å². The fraction of sp³-hybridized carbons (Fsp3) is 0.667. The summed E-state index contributed by atoms with van der Waals surface area (Å²) in [5.74, 6) is 0. The van der Waals surface area contributed by atoms with Gasteiger partial charge in [-0.3, -0.25) is 0 Å². The SMILES string of the molecule is CC(Br)(C=O)CC(F)(Br)C#N. The molecule has 0 aromatic rings. The van der Waals surface area contributed by atoms with Crippen molar-refractivity contribution in [1.82, 2.24) is 0 Å². The molecule has 0 radical (unpaired) electrons. The van der Waals surface area contributed by atoms with Crippen LogP contribution in [0.3, 0.4) is 0 Å². The van der Waals surface area contributed by atoms with Crippen LogP contribution in [0.1, 0.15) is 13.3 Å². The first-order valence-corrected chi connectivity index (χ1v) is 4.36. The van der Waals surface area contributed by atoms with Gasteiger partial charge in [-0.15, -0.1) is 0 Å². The summed E-state index contributed by atoms with van der Waals surface area (Å²) in [5, 5.41) is 8.24. The van der Waals surface area contributed by atoms with E-state index in [1.807, 2.05) is 0 Å². The summed E-state index contributed by atoms with van der Waals surface area (Å²) in [5.41, 5.74) is 0. The largest absolute Gasteiger partial charge is 0.302 e. The first-order chi connectivity index (χ1) is 4.83. The van der Waals surface area contributed by atoms with Crippen molar-refractivity contribution in [3.63, 3.8) is 0 Å². The Labute approximate surface area is 81.0 Å². The zero-order valence-corrected chi connectivity index (χ0v) is 8.95. The van der Waals surface area contributed by atoms with Crippen LogP contribution in [0.15, 0.2) is 0 Å². The molecule has 0 spiro atoms. The zero-order chi connectivity index (χ0) is 9.12. The molecular formula is C6H6Br2FNO. The van der Waals surface area contributed by atoms with E-state index < -0.39 is 8.90 Å². The molecule has 11 heavy (non-hydrogen) atoms. The Bertz CT molecular complexity index is 197. The third-order valence-corrected chi connectivity index (χ3v) is 1.90. The van der Waals surface area contributed by atoms with E-state index in [4.69, 9.17) is 5.26 Å². The molecule has 62 valence electrons. The first-order valence-electron chi connectivity index (χ1n) is 2.77. The average molecular weight is 287 g/mol. The monoisotopic (exact) mass is 285 g/mol. The third kappa shape index (κ3) is 4.49. The van der Waals surface area contributed by atoms with E-state index in [2.05, 4.69) is 31.9 Å². The highest BCUT2D eigenvalue weighted by molar-refractivity contribution is 9.10. The quantitative estimate of drug-likeness (QED) is 0.590. The van der Waals surface area contributed by atoms with E-state index in [9.17, 15) is 9.18 Å². The number of hydrogen-bond acceptors (Lipinski definition) is 2. The first kappa shape index (κ1) is 11.1. The van der Waals surface area contributed by atoms with Crippen LogP contribution in [0, 0.1) is 11.3 Å². The van der Waals surface area contributed by atoms with Crippen molar-refractivity contribution in [1.29, 1.82) is 5.26 Å². The zero-order valence-electron chi connectivity index (χ0n) is 5.77. The highest BCUT2D eigenvalue weighted by atomic mass is 79.9. The molecule has 0 bridgehead atoms. The van der Waals surface area contributed by atoms with Crippen molar-refractivity contribution in [2.75, 3.05) is 0 Å². The number of carbonyl (C=O) groups is 1. The Morgan fingerprint density at radius 3 is 2.45 bits per heavy atom. The Morgan fingerprint density at radius 2 is 2.18 bits per heavy atom. The molecule has 2 atom stereocenters. The third-order valence-electron chi connectivity index (χ3n) is 0.977. The van der Waals surface area contributed by atoms with E-state index in [1.54, 1.807) is 0 Å². The molecule has 0 amide bonds. The van der Waals surface area contributed by atoms with Gasteiger partial charge in [0.2, 0.25) is 0 Å². The lowest BCUT2D eigenvalue weighted by molar-refractivity contribution is -0.109. The summed E-state index contributed by atoms with van der Waals surface area (Å²) in [4.78, 5) is 10.3. The normalized spacial score (nSPS) is 21.0. The van der Waals surface area contributed by atoms with Crippen LogP contribution in [-0.2, 0) is 4.79 Å². The standard InChI is InChI=1S/C6H6Br2FNO/c1-5(7,4-11)2-6(8,9)3-10/h4H,2H2,1H3. The number of hydrogen-bond donors (Lipinski definition) is 0. The van der Waals surface area contributed by atoms with E-state index in [0.29, 0.717) is 6.29 Å². The summed E-state index contributed by atoms with van der Waals surface area (Å²) in [6.45, 7) is 1.49. The lowest BCUT2D eigenvalue weighted by Crippen LogP contribution is -2.27. The molecule has 2 unspecified atom stereocenters. The predicted octanol–water partition coefficient (Wildman–Crippen LogP) is 2.31. The number of carbonyl (C=O) groups excluding carboxylic acids is 1. The lowest BCUT2D eigenvalue weighted by atomic mass is 10.1. The van der Waals surface area contributed by atoms with Crippen LogP contribution in [-0.4, -0.2) is 15.2 Å². The summed E-state index contributed by atoms with van der Waals surface area (Å²) in [6.07, 6.45) is 0.333. The number of aldehydes is 1. The predicted molar refractivity (Wildman–Crippen MR) is 46.4 cm³/mol. The number of rotatable bonds is 3.